The Morgan fingerprint density at radius 1 is 1.27 bits per heavy atom. The van der Waals surface area contributed by atoms with Crippen LogP contribution in [0, 0.1) is 11.6 Å². The maximum atomic E-state index is 13.8. The minimum Gasteiger partial charge on any atom is -0.294 e. The van der Waals surface area contributed by atoms with Crippen molar-refractivity contribution in [1.29, 1.82) is 0 Å². The number of fused-ring (bicyclic) bond motifs is 1. The molecule has 1 aromatic carbocycles. The number of benzene rings is 1. The van der Waals surface area contributed by atoms with Crippen molar-refractivity contribution in [2.75, 3.05) is 6.54 Å². The van der Waals surface area contributed by atoms with Crippen molar-refractivity contribution in [1.82, 2.24) is 14.9 Å². The normalized spacial score (nSPS) is 15.1. The molecule has 3 nitrogen and oxygen atoms in total. The van der Waals surface area contributed by atoms with E-state index in [0.29, 0.717) is 24.6 Å². The SMILES string of the molecule is CC(C)c1ncc2c(n1)CCN(Cc1cccc(F)c1F)C2. The summed E-state index contributed by atoms with van der Waals surface area (Å²) in [6.07, 6.45) is 2.68. The standard InChI is InChI=1S/C17H19F2N3/c1-11(2)17-20-8-13-10-22(7-6-15(13)21-17)9-12-4-3-5-14(18)16(12)19/h3-5,8,11H,6-7,9-10H2,1-2H3. The monoisotopic (exact) mass is 303 g/mol. The van der Waals surface area contributed by atoms with Gasteiger partial charge < -0.3 is 0 Å². The van der Waals surface area contributed by atoms with Crippen molar-refractivity contribution in [3.8, 4) is 0 Å². The molecule has 22 heavy (non-hydrogen) atoms. The van der Waals surface area contributed by atoms with Gasteiger partial charge in [-0.05, 0) is 6.07 Å². The van der Waals surface area contributed by atoms with Gasteiger partial charge in [-0.3, -0.25) is 4.90 Å². The minimum absolute atomic E-state index is 0.310. The second-order valence-corrected chi connectivity index (χ2v) is 6.03. The van der Waals surface area contributed by atoms with Gasteiger partial charge in [-0.15, -0.1) is 0 Å². The summed E-state index contributed by atoms with van der Waals surface area (Å²) in [6, 6.07) is 4.32. The number of halogens is 2. The highest BCUT2D eigenvalue weighted by Gasteiger charge is 2.20. The average molecular weight is 303 g/mol. The van der Waals surface area contributed by atoms with Gasteiger partial charge in [0.05, 0.1) is 0 Å². The Balaban J connectivity index is 1.76. The number of hydrogen-bond acceptors (Lipinski definition) is 3. The summed E-state index contributed by atoms with van der Waals surface area (Å²) in [4.78, 5) is 11.1. The van der Waals surface area contributed by atoms with Crippen LogP contribution >= 0.6 is 0 Å². The fraction of sp³-hybridized carbons (Fsp3) is 0.412. The fourth-order valence-electron chi connectivity index (χ4n) is 2.71. The highest BCUT2D eigenvalue weighted by molar-refractivity contribution is 5.23. The van der Waals surface area contributed by atoms with Crippen LogP contribution in [0.15, 0.2) is 24.4 Å². The Bertz CT molecular complexity index is 686. The average Bonchev–Trinajstić information content (AvgIpc) is 2.51. The van der Waals surface area contributed by atoms with Crippen molar-refractivity contribution >= 4 is 0 Å². The third-order valence-electron chi connectivity index (χ3n) is 3.97. The summed E-state index contributed by atoms with van der Waals surface area (Å²) in [5.41, 5.74) is 2.55. The van der Waals surface area contributed by atoms with Crippen LogP contribution in [-0.4, -0.2) is 21.4 Å². The first-order valence-corrected chi connectivity index (χ1v) is 7.54. The first-order valence-electron chi connectivity index (χ1n) is 7.54. The van der Waals surface area contributed by atoms with Crippen LogP contribution < -0.4 is 0 Å². The van der Waals surface area contributed by atoms with Crippen LogP contribution in [0.1, 0.15) is 42.4 Å². The molecule has 2 heterocycles. The van der Waals surface area contributed by atoms with Crippen LogP contribution in [0.2, 0.25) is 0 Å². The molecule has 0 radical (unpaired) electrons. The van der Waals surface area contributed by atoms with Gasteiger partial charge in [0.25, 0.3) is 0 Å². The van der Waals surface area contributed by atoms with Crippen molar-refractivity contribution in [2.24, 2.45) is 0 Å². The first-order chi connectivity index (χ1) is 10.5. The molecular weight excluding hydrogens is 284 g/mol. The van der Waals surface area contributed by atoms with Crippen LogP contribution in [0.5, 0.6) is 0 Å². The maximum absolute atomic E-state index is 13.8. The molecule has 3 rings (SSSR count). The van der Waals surface area contributed by atoms with E-state index in [9.17, 15) is 8.78 Å². The van der Waals surface area contributed by atoms with Gasteiger partial charge in [0, 0.05) is 55.0 Å². The Morgan fingerprint density at radius 2 is 2.09 bits per heavy atom. The molecule has 2 aromatic rings. The van der Waals surface area contributed by atoms with Crippen molar-refractivity contribution < 1.29 is 8.78 Å². The summed E-state index contributed by atoms with van der Waals surface area (Å²) in [5.74, 6) is -0.368. The number of nitrogens with zero attached hydrogens (tertiary/aromatic N) is 3. The largest absolute Gasteiger partial charge is 0.294 e. The Labute approximate surface area is 129 Å². The molecular formula is C17H19F2N3. The van der Waals surface area contributed by atoms with E-state index in [4.69, 9.17) is 0 Å². The van der Waals surface area contributed by atoms with E-state index < -0.39 is 11.6 Å². The van der Waals surface area contributed by atoms with Crippen LogP contribution in [0.25, 0.3) is 0 Å². The summed E-state index contributed by atoms with van der Waals surface area (Å²) in [5, 5.41) is 0. The quantitative estimate of drug-likeness (QED) is 0.870. The number of rotatable bonds is 3. The van der Waals surface area contributed by atoms with Gasteiger partial charge in [-0.2, -0.15) is 0 Å². The Morgan fingerprint density at radius 3 is 2.86 bits per heavy atom. The molecule has 0 atom stereocenters. The predicted molar refractivity (Wildman–Crippen MR) is 80.3 cm³/mol. The van der Waals surface area contributed by atoms with E-state index in [-0.39, 0.29) is 0 Å². The molecule has 0 saturated heterocycles. The fourth-order valence-corrected chi connectivity index (χ4v) is 2.71. The van der Waals surface area contributed by atoms with Crippen LogP contribution in [0.3, 0.4) is 0 Å². The highest BCUT2D eigenvalue weighted by Crippen LogP contribution is 2.21. The summed E-state index contributed by atoms with van der Waals surface area (Å²) in [7, 11) is 0. The topological polar surface area (TPSA) is 29.0 Å². The number of aromatic nitrogens is 2. The molecule has 0 amide bonds. The molecule has 0 aliphatic carbocycles. The lowest BCUT2D eigenvalue weighted by Gasteiger charge is -2.28. The van der Waals surface area contributed by atoms with E-state index in [0.717, 1.165) is 36.1 Å². The first kappa shape index (κ1) is 15.0. The Kier molecular flexibility index (Phi) is 4.16. The third-order valence-corrected chi connectivity index (χ3v) is 3.97. The van der Waals surface area contributed by atoms with Crippen LogP contribution in [0.4, 0.5) is 8.78 Å². The van der Waals surface area contributed by atoms with Gasteiger partial charge in [0.1, 0.15) is 5.82 Å². The highest BCUT2D eigenvalue weighted by atomic mass is 19.2. The molecule has 5 heteroatoms. The van der Waals surface area contributed by atoms with Crippen molar-refractivity contribution in [2.45, 2.75) is 39.3 Å². The van der Waals surface area contributed by atoms with E-state index in [2.05, 4.69) is 28.7 Å². The van der Waals surface area contributed by atoms with E-state index >= 15 is 0 Å². The predicted octanol–water partition coefficient (Wildman–Crippen LogP) is 3.44. The van der Waals surface area contributed by atoms with Gasteiger partial charge in [0.2, 0.25) is 0 Å². The smallest absolute Gasteiger partial charge is 0.163 e. The second kappa shape index (κ2) is 6.08. The lowest BCUT2D eigenvalue weighted by molar-refractivity contribution is 0.238. The molecule has 0 spiro atoms. The molecule has 1 aromatic heterocycles. The molecule has 0 saturated carbocycles. The molecule has 1 aliphatic rings. The van der Waals surface area contributed by atoms with Gasteiger partial charge in [-0.1, -0.05) is 26.0 Å². The zero-order chi connectivity index (χ0) is 15.7. The summed E-state index contributed by atoms with van der Waals surface area (Å²) >= 11 is 0. The summed E-state index contributed by atoms with van der Waals surface area (Å²) in [6.45, 7) is 6.00. The zero-order valence-electron chi connectivity index (χ0n) is 12.8. The van der Waals surface area contributed by atoms with E-state index in [1.54, 1.807) is 12.1 Å². The molecule has 0 bridgehead atoms. The van der Waals surface area contributed by atoms with Crippen LogP contribution in [-0.2, 0) is 19.5 Å². The van der Waals surface area contributed by atoms with Crippen molar-refractivity contribution in [3.05, 3.63) is 58.7 Å². The lowest BCUT2D eigenvalue weighted by atomic mass is 10.1. The third kappa shape index (κ3) is 2.99. The molecule has 1 aliphatic heterocycles. The maximum Gasteiger partial charge on any atom is 0.163 e. The van der Waals surface area contributed by atoms with E-state index in [1.807, 2.05) is 6.20 Å². The molecule has 0 N–H and O–H groups in total. The Hall–Kier alpha value is -1.88. The van der Waals surface area contributed by atoms with Gasteiger partial charge in [-0.25, -0.2) is 18.7 Å². The van der Waals surface area contributed by atoms with Gasteiger partial charge >= 0.3 is 0 Å². The lowest BCUT2D eigenvalue weighted by Crippen LogP contribution is -2.31. The molecule has 0 fully saturated rings. The summed E-state index contributed by atoms with van der Waals surface area (Å²) < 4.78 is 27.0. The van der Waals surface area contributed by atoms with Crippen molar-refractivity contribution in [3.63, 3.8) is 0 Å². The molecule has 0 unspecified atom stereocenters. The minimum atomic E-state index is -0.792. The zero-order valence-corrected chi connectivity index (χ0v) is 12.8. The number of hydrogen-bond donors (Lipinski definition) is 0. The van der Waals surface area contributed by atoms with E-state index in [1.165, 1.54) is 0 Å². The molecule has 116 valence electrons. The van der Waals surface area contributed by atoms with Gasteiger partial charge in [0.15, 0.2) is 11.6 Å². The second-order valence-electron chi connectivity index (χ2n) is 6.03.